The largest absolute Gasteiger partial charge is 0.464 e. The van der Waals surface area contributed by atoms with Crippen molar-refractivity contribution in [2.24, 2.45) is 0 Å². The highest BCUT2D eigenvalue weighted by Gasteiger charge is 2.26. The van der Waals surface area contributed by atoms with Crippen molar-refractivity contribution in [2.75, 3.05) is 6.79 Å². The predicted molar refractivity (Wildman–Crippen MR) is 79.3 cm³/mol. The molecule has 2 heteroatoms. The van der Waals surface area contributed by atoms with Crippen LogP contribution in [-0.4, -0.2) is 6.79 Å². The Balaban J connectivity index is 3.34. The summed E-state index contributed by atoms with van der Waals surface area (Å²) in [6, 6.07) is 6.26. The predicted octanol–water partition coefficient (Wildman–Crippen LogP) is 4.83. The van der Waals surface area contributed by atoms with E-state index in [-0.39, 0.29) is 10.8 Å². The van der Waals surface area contributed by atoms with Crippen LogP contribution in [0.4, 0.5) is 0 Å². The van der Waals surface area contributed by atoms with Gasteiger partial charge in [-0.25, -0.2) is 0 Å². The first kappa shape index (κ1) is 16.0. The van der Waals surface area contributed by atoms with Crippen molar-refractivity contribution < 1.29 is 9.84 Å². The van der Waals surface area contributed by atoms with Crippen molar-refractivity contribution in [1.29, 1.82) is 0 Å². The van der Waals surface area contributed by atoms with E-state index >= 15 is 0 Å². The minimum absolute atomic E-state index is 0.0182. The Morgan fingerprint density at radius 1 is 1.00 bits per heavy atom. The third kappa shape index (κ3) is 3.50. The molecule has 0 aliphatic rings. The lowest BCUT2D eigenvalue weighted by Gasteiger charge is -2.30. The lowest BCUT2D eigenvalue weighted by Crippen LogP contribution is -2.21. The van der Waals surface area contributed by atoms with Gasteiger partial charge >= 0.3 is 0 Å². The summed E-state index contributed by atoms with van der Waals surface area (Å²) < 4.78 is 5.27. The normalized spacial score (nSPS) is 12.6. The van der Waals surface area contributed by atoms with Crippen LogP contribution in [0.5, 0.6) is 5.75 Å². The van der Waals surface area contributed by atoms with Crippen molar-refractivity contribution in [3.8, 4) is 5.75 Å². The van der Waals surface area contributed by atoms with Crippen molar-refractivity contribution in [3.63, 3.8) is 0 Å². The molecular formula is C17H27O2. The molecule has 0 bridgehead atoms. The van der Waals surface area contributed by atoms with Gasteiger partial charge in [0.1, 0.15) is 5.75 Å². The lowest BCUT2D eigenvalue weighted by molar-refractivity contribution is 0.0362. The highest BCUT2D eigenvalue weighted by atomic mass is 16.6. The van der Waals surface area contributed by atoms with Gasteiger partial charge in [-0.1, -0.05) is 53.7 Å². The molecule has 0 N–H and O–H groups in total. The van der Waals surface area contributed by atoms with Gasteiger partial charge in [-0.15, -0.1) is 0 Å². The van der Waals surface area contributed by atoms with Crippen LogP contribution in [0.3, 0.4) is 0 Å². The Bertz CT molecular complexity index is 419. The summed E-state index contributed by atoms with van der Waals surface area (Å²) in [7, 11) is 0. The smallest absolute Gasteiger partial charge is 0.221 e. The van der Waals surface area contributed by atoms with Crippen molar-refractivity contribution in [2.45, 2.75) is 65.2 Å². The summed E-state index contributed by atoms with van der Waals surface area (Å²) >= 11 is 0. The van der Waals surface area contributed by atoms with E-state index in [0.29, 0.717) is 0 Å². The van der Waals surface area contributed by atoms with Gasteiger partial charge in [-0.05, 0) is 35.3 Å². The summed E-state index contributed by atoms with van der Waals surface area (Å²) in [5, 5.41) is 10.8. The van der Waals surface area contributed by atoms with Gasteiger partial charge in [0.15, 0.2) is 0 Å². The van der Waals surface area contributed by atoms with Crippen molar-refractivity contribution >= 4 is 0 Å². The van der Waals surface area contributed by atoms with E-state index in [1.807, 2.05) is 6.07 Å². The molecule has 0 spiro atoms. The Morgan fingerprint density at radius 2 is 1.58 bits per heavy atom. The molecule has 0 aliphatic heterocycles. The molecule has 1 rings (SSSR count). The maximum atomic E-state index is 10.8. The summed E-state index contributed by atoms with van der Waals surface area (Å²) in [5.74, 6) is 0.734. The molecule has 0 saturated carbocycles. The Labute approximate surface area is 117 Å². The molecule has 2 nitrogen and oxygen atoms in total. The maximum absolute atomic E-state index is 10.8. The number of benzene rings is 1. The molecule has 0 unspecified atom stereocenters. The van der Waals surface area contributed by atoms with E-state index in [1.165, 1.54) is 5.56 Å². The molecule has 1 radical (unpaired) electrons. The highest BCUT2D eigenvalue weighted by molar-refractivity contribution is 5.44. The molecule has 0 saturated heterocycles. The Morgan fingerprint density at radius 3 is 2.05 bits per heavy atom. The van der Waals surface area contributed by atoms with Crippen LogP contribution in [0.2, 0.25) is 0 Å². The van der Waals surface area contributed by atoms with E-state index in [0.717, 1.165) is 24.2 Å². The first-order valence-electron chi connectivity index (χ1n) is 7.14. The number of ether oxygens (including phenoxy) is 1. The van der Waals surface area contributed by atoms with Gasteiger partial charge in [0.05, 0.1) is 0 Å². The fourth-order valence-corrected chi connectivity index (χ4v) is 2.06. The van der Waals surface area contributed by atoms with Crippen molar-refractivity contribution in [3.05, 3.63) is 29.3 Å². The number of hydrogen-bond donors (Lipinski definition) is 0. The summed E-state index contributed by atoms with van der Waals surface area (Å²) in [6.45, 7) is 12.7. The second-order valence-corrected chi connectivity index (χ2v) is 6.45. The van der Waals surface area contributed by atoms with E-state index in [4.69, 9.17) is 4.74 Å². The van der Waals surface area contributed by atoms with Gasteiger partial charge in [0.25, 0.3) is 0 Å². The fourth-order valence-electron chi connectivity index (χ4n) is 2.06. The molecule has 107 valence electrons. The average Bonchev–Trinajstić information content (AvgIpc) is 2.39. The zero-order valence-corrected chi connectivity index (χ0v) is 13.2. The molecule has 0 fully saturated rings. The van der Waals surface area contributed by atoms with E-state index in [2.05, 4.69) is 53.7 Å². The van der Waals surface area contributed by atoms with Gasteiger partial charge in [-0.3, -0.25) is 0 Å². The van der Waals surface area contributed by atoms with Crippen LogP contribution in [0.25, 0.3) is 0 Å². The van der Waals surface area contributed by atoms with Gasteiger partial charge < -0.3 is 4.74 Å². The second-order valence-electron chi connectivity index (χ2n) is 6.45. The van der Waals surface area contributed by atoms with Crippen LogP contribution in [0.1, 0.15) is 65.5 Å². The zero-order valence-electron chi connectivity index (χ0n) is 13.2. The molecule has 19 heavy (non-hydrogen) atoms. The molecule has 1 aromatic carbocycles. The van der Waals surface area contributed by atoms with Crippen LogP contribution >= 0.6 is 0 Å². The monoisotopic (exact) mass is 263 g/mol. The minimum atomic E-state index is -0.524. The number of hydrogen-bond acceptors (Lipinski definition) is 1. The standard InChI is InChI=1S/C17H27O2/c1-7-16(3,4)13-9-10-15(19-12-18)14(11-13)17(5,6)8-2/h9-11H,7-8,12H2,1-6H3. The van der Waals surface area contributed by atoms with Gasteiger partial charge in [-0.2, -0.15) is 5.11 Å². The Kier molecular flexibility index (Phi) is 5.03. The average molecular weight is 263 g/mol. The van der Waals surface area contributed by atoms with Crippen LogP contribution in [-0.2, 0) is 15.9 Å². The van der Waals surface area contributed by atoms with Crippen LogP contribution in [0.15, 0.2) is 18.2 Å². The van der Waals surface area contributed by atoms with Gasteiger partial charge in [0.2, 0.25) is 6.79 Å². The van der Waals surface area contributed by atoms with E-state index in [9.17, 15) is 5.11 Å². The van der Waals surface area contributed by atoms with Crippen LogP contribution < -0.4 is 4.74 Å². The highest BCUT2D eigenvalue weighted by Crippen LogP contribution is 2.38. The molecule has 0 atom stereocenters. The summed E-state index contributed by atoms with van der Waals surface area (Å²) in [6.07, 6.45) is 2.10. The first-order chi connectivity index (χ1) is 8.78. The first-order valence-corrected chi connectivity index (χ1v) is 7.14. The number of rotatable bonds is 6. The quantitative estimate of drug-likeness (QED) is 0.676. The third-order valence-electron chi connectivity index (χ3n) is 4.47. The summed E-state index contributed by atoms with van der Waals surface area (Å²) in [4.78, 5) is 0. The zero-order chi connectivity index (χ0) is 14.7. The second kappa shape index (κ2) is 5.96. The molecular weight excluding hydrogens is 236 g/mol. The molecule has 0 heterocycles. The molecule has 0 aromatic heterocycles. The van der Waals surface area contributed by atoms with Crippen LogP contribution in [0, 0.1) is 0 Å². The minimum Gasteiger partial charge on any atom is -0.464 e. The van der Waals surface area contributed by atoms with Gasteiger partial charge in [0, 0.05) is 5.56 Å². The fraction of sp³-hybridized carbons (Fsp3) is 0.647. The van der Waals surface area contributed by atoms with Crippen molar-refractivity contribution in [1.82, 2.24) is 0 Å². The topological polar surface area (TPSA) is 29.1 Å². The van der Waals surface area contributed by atoms with E-state index in [1.54, 1.807) is 0 Å². The summed E-state index contributed by atoms with van der Waals surface area (Å²) in [5.41, 5.74) is 2.62. The maximum Gasteiger partial charge on any atom is 0.221 e. The molecule has 0 amide bonds. The third-order valence-corrected chi connectivity index (χ3v) is 4.47. The lowest BCUT2D eigenvalue weighted by atomic mass is 9.76. The molecule has 0 aliphatic carbocycles. The molecule has 1 aromatic rings. The van der Waals surface area contributed by atoms with E-state index < -0.39 is 6.79 Å². The SMILES string of the molecule is CCC(C)(C)c1ccc(OC[O])c(C(C)(C)CC)c1. The Hall–Kier alpha value is -1.02.